The van der Waals surface area contributed by atoms with Crippen LogP contribution in [0, 0.1) is 13.8 Å². The number of fused-ring (bicyclic) bond motifs is 1. The summed E-state index contributed by atoms with van der Waals surface area (Å²) in [5.74, 6) is 0.159. The third-order valence-corrected chi connectivity index (χ3v) is 4.17. The average Bonchev–Trinajstić information content (AvgIpc) is 2.67. The van der Waals surface area contributed by atoms with Crippen molar-refractivity contribution in [3.63, 3.8) is 0 Å². The zero-order chi connectivity index (χ0) is 14.8. The van der Waals surface area contributed by atoms with Crippen LogP contribution in [-0.4, -0.2) is 23.5 Å². The third-order valence-electron chi connectivity index (χ3n) is 4.17. The van der Waals surface area contributed by atoms with Crippen LogP contribution in [0.1, 0.15) is 30.4 Å². The van der Waals surface area contributed by atoms with E-state index < -0.39 is 0 Å². The average molecular weight is 283 g/mol. The minimum Gasteiger partial charge on any atom is -0.381 e. The second kappa shape index (κ2) is 5.72. The molecule has 1 amide bonds. The van der Waals surface area contributed by atoms with Crippen LogP contribution >= 0.6 is 0 Å². The molecule has 2 N–H and O–H groups in total. The fourth-order valence-corrected chi connectivity index (χ4v) is 2.93. The van der Waals surface area contributed by atoms with E-state index in [1.165, 1.54) is 10.9 Å². The van der Waals surface area contributed by atoms with E-state index in [9.17, 15) is 4.79 Å². The number of pyridine rings is 1. The Morgan fingerprint density at radius 3 is 2.95 bits per heavy atom. The van der Waals surface area contributed by atoms with E-state index >= 15 is 0 Å². The number of benzene rings is 1. The number of carbonyl (C=O) groups is 1. The lowest BCUT2D eigenvalue weighted by atomic mass is 10.0. The van der Waals surface area contributed by atoms with E-state index in [0.29, 0.717) is 12.5 Å². The molecule has 1 aliphatic heterocycles. The van der Waals surface area contributed by atoms with Crippen molar-refractivity contribution >= 4 is 22.5 Å². The minimum atomic E-state index is 0.159. The van der Waals surface area contributed by atoms with Crippen molar-refractivity contribution in [1.82, 2.24) is 10.3 Å². The summed E-state index contributed by atoms with van der Waals surface area (Å²) in [4.78, 5) is 16.0. The molecule has 0 bridgehead atoms. The molecule has 1 atom stereocenters. The quantitative estimate of drug-likeness (QED) is 0.891. The monoisotopic (exact) mass is 283 g/mol. The Morgan fingerprint density at radius 1 is 1.24 bits per heavy atom. The Kier molecular flexibility index (Phi) is 3.78. The second-order valence-electron chi connectivity index (χ2n) is 5.81. The fourth-order valence-electron chi connectivity index (χ4n) is 2.93. The van der Waals surface area contributed by atoms with Gasteiger partial charge < -0.3 is 10.6 Å². The molecule has 4 heteroatoms. The number of hydrogen-bond acceptors (Lipinski definition) is 3. The summed E-state index contributed by atoms with van der Waals surface area (Å²) in [7, 11) is 0. The molecule has 0 aliphatic carbocycles. The van der Waals surface area contributed by atoms with Gasteiger partial charge in [0.05, 0.1) is 5.52 Å². The minimum absolute atomic E-state index is 0.159. The Morgan fingerprint density at radius 2 is 2.10 bits per heavy atom. The highest BCUT2D eigenvalue weighted by Crippen LogP contribution is 2.29. The van der Waals surface area contributed by atoms with Crippen LogP contribution in [0.5, 0.6) is 0 Å². The number of anilines is 1. The lowest BCUT2D eigenvalue weighted by Gasteiger charge is -2.20. The normalized spacial score (nSPS) is 19.1. The molecule has 0 radical (unpaired) electrons. The zero-order valence-electron chi connectivity index (χ0n) is 12.6. The maximum atomic E-state index is 11.5. The van der Waals surface area contributed by atoms with Gasteiger partial charge in [0.2, 0.25) is 5.91 Å². The van der Waals surface area contributed by atoms with Crippen LogP contribution in [0.15, 0.2) is 24.4 Å². The van der Waals surface area contributed by atoms with Gasteiger partial charge in [0.15, 0.2) is 0 Å². The first kappa shape index (κ1) is 13.9. The first-order valence-electron chi connectivity index (χ1n) is 7.53. The molecule has 2 heterocycles. The van der Waals surface area contributed by atoms with Gasteiger partial charge in [-0.15, -0.1) is 0 Å². The fraction of sp³-hybridized carbons (Fsp3) is 0.412. The van der Waals surface area contributed by atoms with E-state index in [1.807, 2.05) is 6.20 Å². The predicted molar refractivity (Wildman–Crippen MR) is 85.5 cm³/mol. The molecule has 0 saturated carbocycles. The molecule has 1 saturated heterocycles. The SMILES string of the molecule is Cc1cnc2c(C)cccc2c1NC1CCNC(=O)CC1. The number of amides is 1. The summed E-state index contributed by atoms with van der Waals surface area (Å²) in [6.07, 6.45) is 4.36. The summed E-state index contributed by atoms with van der Waals surface area (Å²) in [5, 5.41) is 7.74. The number of aromatic nitrogens is 1. The van der Waals surface area contributed by atoms with Crippen molar-refractivity contribution in [1.29, 1.82) is 0 Å². The second-order valence-corrected chi connectivity index (χ2v) is 5.81. The number of hydrogen-bond donors (Lipinski definition) is 2. The molecule has 0 spiro atoms. The van der Waals surface area contributed by atoms with Crippen molar-refractivity contribution in [3.05, 3.63) is 35.5 Å². The van der Waals surface area contributed by atoms with Gasteiger partial charge in [0, 0.05) is 36.3 Å². The van der Waals surface area contributed by atoms with E-state index in [-0.39, 0.29) is 5.91 Å². The standard InChI is InChI=1S/C17H21N3O/c1-11-4-3-5-14-16(11)19-10-12(2)17(14)20-13-6-7-15(21)18-9-8-13/h3-5,10,13H,6-9H2,1-2H3,(H,18,21)(H,19,20). The van der Waals surface area contributed by atoms with Crippen molar-refractivity contribution < 1.29 is 4.79 Å². The van der Waals surface area contributed by atoms with Crippen molar-refractivity contribution in [2.45, 2.75) is 39.2 Å². The van der Waals surface area contributed by atoms with Crippen molar-refractivity contribution in [2.75, 3.05) is 11.9 Å². The van der Waals surface area contributed by atoms with Crippen LogP contribution < -0.4 is 10.6 Å². The van der Waals surface area contributed by atoms with Gasteiger partial charge in [-0.25, -0.2) is 0 Å². The van der Waals surface area contributed by atoms with Crippen LogP contribution in [-0.2, 0) is 4.79 Å². The maximum Gasteiger partial charge on any atom is 0.220 e. The van der Waals surface area contributed by atoms with E-state index in [4.69, 9.17) is 0 Å². The first-order valence-corrected chi connectivity index (χ1v) is 7.53. The molecule has 1 aromatic carbocycles. The topological polar surface area (TPSA) is 54.0 Å². The summed E-state index contributed by atoms with van der Waals surface area (Å²) in [6, 6.07) is 6.60. The number of rotatable bonds is 2. The van der Waals surface area contributed by atoms with E-state index in [0.717, 1.165) is 36.2 Å². The Balaban J connectivity index is 1.94. The van der Waals surface area contributed by atoms with Gasteiger partial charge in [-0.05, 0) is 37.8 Å². The van der Waals surface area contributed by atoms with Crippen LogP contribution in [0.2, 0.25) is 0 Å². The van der Waals surface area contributed by atoms with Crippen LogP contribution in [0.25, 0.3) is 10.9 Å². The smallest absolute Gasteiger partial charge is 0.220 e. The molecule has 1 aromatic heterocycles. The summed E-state index contributed by atoms with van der Waals surface area (Å²) >= 11 is 0. The van der Waals surface area contributed by atoms with Gasteiger partial charge >= 0.3 is 0 Å². The van der Waals surface area contributed by atoms with Gasteiger partial charge in [-0.1, -0.05) is 18.2 Å². The Labute approximate surface area is 125 Å². The third kappa shape index (κ3) is 2.84. The molecule has 4 nitrogen and oxygen atoms in total. The first-order chi connectivity index (χ1) is 10.1. The number of aryl methyl sites for hydroxylation is 2. The Bertz CT molecular complexity index is 681. The van der Waals surface area contributed by atoms with E-state index in [1.54, 1.807) is 0 Å². The molecular formula is C17H21N3O. The molecular weight excluding hydrogens is 262 g/mol. The lowest BCUT2D eigenvalue weighted by molar-refractivity contribution is -0.120. The van der Waals surface area contributed by atoms with Gasteiger partial charge in [0.25, 0.3) is 0 Å². The number of para-hydroxylation sites is 1. The molecule has 1 unspecified atom stereocenters. The summed E-state index contributed by atoms with van der Waals surface area (Å²) in [5.41, 5.74) is 4.54. The molecule has 2 aromatic rings. The van der Waals surface area contributed by atoms with Crippen molar-refractivity contribution in [2.24, 2.45) is 0 Å². The molecule has 1 aliphatic rings. The highest BCUT2D eigenvalue weighted by atomic mass is 16.1. The molecule has 21 heavy (non-hydrogen) atoms. The van der Waals surface area contributed by atoms with Gasteiger partial charge in [-0.2, -0.15) is 0 Å². The largest absolute Gasteiger partial charge is 0.381 e. The highest BCUT2D eigenvalue weighted by molar-refractivity contribution is 5.94. The van der Waals surface area contributed by atoms with Gasteiger partial charge in [0.1, 0.15) is 0 Å². The lowest BCUT2D eigenvalue weighted by Crippen LogP contribution is -2.23. The van der Waals surface area contributed by atoms with Crippen LogP contribution in [0.3, 0.4) is 0 Å². The number of nitrogens with one attached hydrogen (secondary N) is 2. The number of nitrogens with zero attached hydrogens (tertiary/aromatic N) is 1. The zero-order valence-corrected chi connectivity index (χ0v) is 12.6. The Hall–Kier alpha value is -2.10. The molecule has 3 rings (SSSR count). The van der Waals surface area contributed by atoms with Crippen molar-refractivity contribution in [3.8, 4) is 0 Å². The van der Waals surface area contributed by atoms with E-state index in [2.05, 4.69) is 47.7 Å². The highest BCUT2D eigenvalue weighted by Gasteiger charge is 2.17. The predicted octanol–water partition coefficient (Wildman–Crippen LogP) is 2.93. The molecule has 110 valence electrons. The maximum absolute atomic E-state index is 11.5. The number of carbonyl (C=O) groups excluding carboxylic acids is 1. The summed E-state index contributed by atoms with van der Waals surface area (Å²) < 4.78 is 0. The summed E-state index contributed by atoms with van der Waals surface area (Å²) in [6.45, 7) is 4.91. The van der Waals surface area contributed by atoms with Gasteiger partial charge in [-0.3, -0.25) is 9.78 Å². The van der Waals surface area contributed by atoms with Crippen LogP contribution in [0.4, 0.5) is 5.69 Å². The molecule has 1 fully saturated rings.